The van der Waals surface area contributed by atoms with Gasteiger partial charge in [-0.1, -0.05) is 87.5 Å². The molecular weight excluding hydrogens is 439 g/mol. The number of hydrogen-bond acceptors (Lipinski definition) is 5. The molecule has 0 spiro atoms. The van der Waals surface area contributed by atoms with Crippen LogP contribution < -0.4 is 11.1 Å². The van der Waals surface area contributed by atoms with E-state index in [1.807, 2.05) is 30.3 Å². The molecule has 0 saturated carbocycles. The van der Waals surface area contributed by atoms with Gasteiger partial charge in [-0.15, -0.1) is 0 Å². The number of allylic oxidation sites excluding steroid dienone is 2. The Balaban J connectivity index is 0.00000206. The number of benzene rings is 1. The first-order chi connectivity index (χ1) is 14.5. The lowest BCUT2D eigenvalue weighted by molar-refractivity contribution is -0.144. The maximum Gasteiger partial charge on any atom is 0.341 e. The van der Waals surface area contributed by atoms with Crippen LogP contribution in [0, 0.1) is 5.92 Å². The minimum atomic E-state index is -0.920. The molecule has 0 heterocycles. The van der Waals surface area contributed by atoms with Gasteiger partial charge in [0.2, 0.25) is 5.91 Å². The van der Waals surface area contributed by atoms with Crippen LogP contribution in [0.3, 0.4) is 0 Å². The van der Waals surface area contributed by atoms with E-state index in [0.29, 0.717) is 0 Å². The third-order valence-corrected chi connectivity index (χ3v) is 3.96. The molecule has 3 N–H and O–H groups in total. The third kappa shape index (κ3) is 12.1. The van der Waals surface area contributed by atoms with Gasteiger partial charge in [0.05, 0.1) is 23.2 Å². The number of carbonyl (C=O) groups is 3. The highest BCUT2D eigenvalue weighted by atomic mass is 35.5. The second-order valence-electron chi connectivity index (χ2n) is 7.12. The van der Waals surface area contributed by atoms with Gasteiger partial charge in [0, 0.05) is 5.03 Å². The van der Waals surface area contributed by atoms with Crippen molar-refractivity contribution in [3.63, 3.8) is 0 Å². The Morgan fingerprint density at radius 1 is 1.16 bits per heavy atom. The summed E-state index contributed by atoms with van der Waals surface area (Å²) in [4.78, 5) is 36.2. The van der Waals surface area contributed by atoms with E-state index in [-0.39, 0.29) is 28.6 Å². The largest absolute Gasteiger partial charge is 0.454 e. The summed E-state index contributed by atoms with van der Waals surface area (Å²) in [6, 6.07) is 8.16. The molecule has 0 unspecified atom stereocenters. The summed E-state index contributed by atoms with van der Waals surface area (Å²) in [6.07, 6.45) is 1.43. The molecule has 1 atom stereocenters. The second kappa shape index (κ2) is 15.4. The van der Waals surface area contributed by atoms with Gasteiger partial charge in [-0.25, -0.2) is 4.79 Å². The van der Waals surface area contributed by atoms with Crippen LogP contribution in [-0.4, -0.2) is 36.9 Å². The summed E-state index contributed by atoms with van der Waals surface area (Å²) in [5, 5.41) is 2.33. The van der Waals surface area contributed by atoms with Crippen molar-refractivity contribution in [2.24, 2.45) is 11.7 Å². The maximum atomic E-state index is 12.5. The molecule has 0 aromatic heterocycles. The maximum absolute atomic E-state index is 12.5. The first kappa shape index (κ1) is 28.6. The van der Waals surface area contributed by atoms with Crippen molar-refractivity contribution in [1.29, 1.82) is 0 Å². The molecule has 31 heavy (non-hydrogen) atoms. The molecule has 1 rings (SSSR count). The first-order valence-electron chi connectivity index (χ1n) is 9.63. The van der Waals surface area contributed by atoms with E-state index in [1.54, 1.807) is 0 Å². The minimum absolute atomic E-state index is 0.0512. The number of nitrogens with two attached hydrogens (primary N) is 1. The van der Waals surface area contributed by atoms with E-state index >= 15 is 0 Å². The van der Waals surface area contributed by atoms with Crippen LogP contribution in [0.5, 0.6) is 0 Å². The minimum Gasteiger partial charge on any atom is -0.454 e. The molecule has 0 bridgehead atoms. The zero-order valence-electron chi connectivity index (χ0n) is 18.1. The van der Waals surface area contributed by atoms with Crippen LogP contribution in [-0.2, 0) is 25.5 Å². The second-order valence-corrected chi connectivity index (χ2v) is 7.98. The number of Topliss-reactive ketones (excluding diaryl/α,β-unsaturated/α-hetero) is 1. The summed E-state index contributed by atoms with van der Waals surface area (Å²) in [5.41, 5.74) is 5.93. The Kier molecular flexibility index (Phi) is 14.2. The number of halogens is 2. The smallest absolute Gasteiger partial charge is 0.341 e. The summed E-state index contributed by atoms with van der Waals surface area (Å²) >= 11 is 11.6. The fourth-order valence-electron chi connectivity index (χ4n) is 2.10. The van der Waals surface area contributed by atoms with Gasteiger partial charge < -0.3 is 15.8 Å². The van der Waals surface area contributed by atoms with Gasteiger partial charge in [-0.05, 0) is 24.0 Å². The molecule has 6 nitrogen and oxygen atoms in total. The van der Waals surface area contributed by atoms with Gasteiger partial charge in [-0.3, -0.25) is 9.59 Å². The van der Waals surface area contributed by atoms with Gasteiger partial charge in [-0.2, -0.15) is 0 Å². The molecule has 1 aromatic carbocycles. The van der Waals surface area contributed by atoms with E-state index in [0.717, 1.165) is 11.5 Å². The van der Waals surface area contributed by atoms with Crippen LogP contribution in [0.15, 0.2) is 65.2 Å². The van der Waals surface area contributed by atoms with Crippen LogP contribution in [0.1, 0.15) is 26.3 Å². The highest BCUT2D eigenvalue weighted by Crippen LogP contribution is 2.22. The topological polar surface area (TPSA) is 98.5 Å². The van der Waals surface area contributed by atoms with Crippen LogP contribution in [0.2, 0.25) is 0 Å². The number of rotatable bonds is 10. The summed E-state index contributed by atoms with van der Waals surface area (Å²) < 4.78 is 4.98. The molecule has 0 radical (unpaired) electrons. The van der Waals surface area contributed by atoms with Gasteiger partial charge >= 0.3 is 5.97 Å². The Morgan fingerprint density at radius 3 is 2.16 bits per heavy atom. The third-order valence-electron chi connectivity index (χ3n) is 3.43. The Hall–Kier alpha value is -2.41. The van der Waals surface area contributed by atoms with E-state index in [1.165, 1.54) is 6.08 Å². The van der Waals surface area contributed by atoms with Crippen molar-refractivity contribution in [2.45, 2.75) is 33.2 Å². The normalized spacial score (nSPS) is 12.0. The number of ether oxygens (including phenoxy) is 1. The Bertz CT molecular complexity index is 802. The highest BCUT2D eigenvalue weighted by Gasteiger charge is 2.24. The molecule has 170 valence electrons. The molecule has 8 heteroatoms. The Morgan fingerprint density at radius 2 is 1.71 bits per heavy atom. The molecule has 1 amide bonds. The first-order valence-corrected chi connectivity index (χ1v) is 10.4. The average molecular weight is 469 g/mol. The van der Waals surface area contributed by atoms with Crippen molar-refractivity contribution in [3.05, 3.63) is 70.8 Å². The zero-order valence-corrected chi connectivity index (χ0v) is 19.6. The molecule has 0 aliphatic heterocycles. The number of hydrogen-bond donors (Lipinski definition) is 2. The number of carbonyl (C=O) groups excluding carboxylic acids is 3. The lowest BCUT2D eigenvalue weighted by Crippen LogP contribution is -2.46. The monoisotopic (exact) mass is 468 g/mol. The fourth-order valence-corrected chi connectivity index (χ4v) is 2.52. The number of ketones is 1. The standard InChI is InChI=1S/C19H20Cl2N2O4.C4H10/c1-3-14(21)18(12(2)20)19(26)27-11-16(24)15(23-17(25)10-22)9-13-7-5-4-6-8-13;1-4(2)3/h3-8,15H,1-2,9-11,22H2,(H,23,25);4H,1-3H3/b18-14-;/t15-;/m0./s1. The van der Waals surface area contributed by atoms with Crippen molar-refractivity contribution >= 4 is 40.9 Å². The molecule has 1 aromatic rings. The van der Waals surface area contributed by atoms with E-state index in [4.69, 9.17) is 33.7 Å². The summed E-state index contributed by atoms with van der Waals surface area (Å²) in [6.45, 7) is 12.5. The van der Waals surface area contributed by atoms with Crippen molar-refractivity contribution in [2.75, 3.05) is 13.2 Å². The Labute approximate surface area is 194 Å². The van der Waals surface area contributed by atoms with Crippen LogP contribution in [0.4, 0.5) is 0 Å². The lowest BCUT2D eigenvalue weighted by Gasteiger charge is -2.18. The summed E-state index contributed by atoms with van der Waals surface area (Å²) in [5.74, 6) is -1.10. The van der Waals surface area contributed by atoms with Crippen LogP contribution >= 0.6 is 23.2 Å². The highest BCUT2D eigenvalue weighted by molar-refractivity contribution is 6.39. The summed E-state index contributed by atoms with van der Waals surface area (Å²) in [7, 11) is 0. The van der Waals surface area contributed by atoms with Gasteiger partial charge in [0.25, 0.3) is 0 Å². The SMILES string of the molecule is C=C/C(Cl)=C(\C(=C)Cl)C(=O)OCC(=O)[C@H](Cc1ccccc1)NC(=O)CN.CC(C)C. The van der Waals surface area contributed by atoms with Crippen LogP contribution in [0.25, 0.3) is 0 Å². The number of nitrogens with one attached hydrogen (secondary N) is 1. The predicted octanol–water partition coefficient (Wildman–Crippen LogP) is 3.88. The fraction of sp³-hybridized carbons (Fsp3) is 0.348. The lowest BCUT2D eigenvalue weighted by atomic mass is 10.0. The quantitative estimate of drug-likeness (QED) is 0.308. The molecular formula is C23H30Cl2N2O4. The average Bonchev–Trinajstić information content (AvgIpc) is 2.71. The van der Waals surface area contributed by atoms with E-state index in [2.05, 4.69) is 39.2 Å². The van der Waals surface area contributed by atoms with Gasteiger partial charge in [0.1, 0.15) is 0 Å². The molecule has 0 saturated heterocycles. The predicted molar refractivity (Wildman–Crippen MR) is 126 cm³/mol. The molecule has 0 fully saturated rings. The van der Waals surface area contributed by atoms with Crippen molar-refractivity contribution in [1.82, 2.24) is 5.32 Å². The van der Waals surface area contributed by atoms with Crippen molar-refractivity contribution in [3.8, 4) is 0 Å². The number of amides is 1. The molecule has 0 aliphatic carbocycles. The molecule has 0 aliphatic rings. The van der Waals surface area contributed by atoms with Gasteiger partial charge in [0.15, 0.2) is 12.4 Å². The number of esters is 1. The van der Waals surface area contributed by atoms with E-state index < -0.39 is 30.3 Å². The zero-order chi connectivity index (χ0) is 24.0. The van der Waals surface area contributed by atoms with E-state index in [9.17, 15) is 14.4 Å². The van der Waals surface area contributed by atoms with Crippen molar-refractivity contribution < 1.29 is 19.1 Å².